The molecular formula is C13H22N2O2. The summed E-state index contributed by atoms with van der Waals surface area (Å²) in [5.41, 5.74) is 0. The second-order valence-corrected chi connectivity index (χ2v) is 5.22. The van der Waals surface area contributed by atoms with Gasteiger partial charge in [-0.05, 0) is 18.8 Å². The molecule has 0 radical (unpaired) electrons. The second kappa shape index (κ2) is 5.52. The molecule has 17 heavy (non-hydrogen) atoms. The van der Waals surface area contributed by atoms with Gasteiger partial charge in [0.1, 0.15) is 6.04 Å². The monoisotopic (exact) mass is 238 g/mol. The number of nitrogens with zero attached hydrogens (tertiary/aromatic N) is 1. The zero-order chi connectivity index (χ0) is 12.3. The molecule has 0 aromatic heterocycles. The van der Waals surface area contributed by atoms with Crippen molar-refractivity contribution < 1.29 is 9.59 Å². The molecule has 1 aliphatic heterocycles. The summed E-state index contributed by atoms with van der Waals surface area (Å²) in [5.74, 6) is 0.975. The zero-order valence-corrected chi connectivity index (χ0v) is 10.6. The van der Waals surface area contributed by atoms with Crippen molar-refractivity contribution >= 4 is 11.8 Å². The Morgan fingerprint density at radius 1 is 1.29 bits per heavy atom. The van der Waals surface area contributed by atoms with Crippen LogP contribution in [-0.4, -0.2) is 35.8 Å². The van der Waals surface area contributed by atoms with E-state index in [1.54, 1.807) is 0 Å². The Morgan fingerprint density at radius 3 is 2.71 bits per heavy atom. The van der Waals surface area contributed by atoms with Crippen LogP contribution in [0.5, 0.6) is 0 Å². The number of carbonyl (C=O) groups is 2. The van der Waals surface area contributed by atoms with Crippen LogP contribution in [0.4, 0.5) is 0 Å². The minimum atomic E-state index is -0.283. The molecule has 1 heterocycles. The third-order valence-corrected chi connectivity index (χ3v) is 3.64. The van der Waals surface area contributed by atoms with Gasteiger partial charge in [-0.15, -0.1) is 0 Å². The lowest BCUT2D eigenvalue weighted by molar-refractivity contribution is -0.133. The van der Waals surface area contributed by atoms with Gasteiger partial charge >= 0.3 is 0 Å². The maximum absolute atomic E-state index is 12.2. The normalized spacial score (nSPS) is 25.7. The maximum atomic E-state index is 12.2. The molecule has 1 saturated heterocycles. The quantitative estimate of drug-likeness (QED) is 0.785. The highest BCUT2D eigenvalue weighted by Gasteiger charge is 2.30. The third kappa shape index (κ3) is 3.45. The molecule has 96 valence electrons. The van der Waals surface area contributed by atoms with Gasteiger partial charge in [-0.25, -0.2) is 0 Å². The summed E-state index contributed by atoms with van der Waals surface area (Å²) in [4.78, 5) is 25.6. The van der Waals surface area contributed by atoms with Crippen molar-refractivity contribution in [3.63, 3.8) is 0 Å². The lowest BCUT2D eigenvalue weighted by Crippen LogP contribution is -2.44. The summed E-state index contributed by atoms with van der Waals surface area (Å²) in [6.07, 6.45) is 5.88. The summed E-state index contributed by atoms with van der Waals surface area (Å²) >= 11 is 0. The Labute approximate surface area is 103 Å². The topological polar surface area (TPSA) is 49.4 Å². The molecule has 2 amide bonds. The van der Waals surface area contributed by atoms with Crippen LogP contribution in [0.25, 0.3) is 0 Å². The van der Waals surface area contributed by atoms with Gasteiger partial charge in [0.05, 0.1) is 0 Å². The van der Waals surface area contributed by atoms with Crippen molar-refractivity contribution in [1.82, 2.24) is 10.2 Å². The second-order valence-electron chi connectivity index (χ2n) is 5.22. The Hall–Kier alpha value is -1.06. The molecule has 0 bridgehead atoms. The molecule has 1 saturated carbocycles. The first kappa shape index (κ1) is 12.4. The highest BCUT2D eigenvalue weighted by Crippen LogP contribution is 2.32. The number of hydrogen-bond acceptors (Lipinski definition) is 2. The van der Waals surface area contributed by atoms with Crippen LogP contribution in [0.2, 0.25) is 0 Å². The van der Waals surface area contributed by atoms with E-state index in [1.165, 1.54) is 12.8 Å². The molecule has 1 N–H and O–H groups in total. The van der Waals surface area contributed by atoms with E-state index in [0.29, 0.717) is 13.0 Å². The van der Waals surface area contributed by atoms with E-state index in [-0.39, 0.29) is 17.9 Å². The highest BCUT2D eigenvalue weighted by atomic mass is 16.2. The molecule has 1 aliphatic carbocycles. The highest BCUT2D eigenvalue weighted by molar-refractivity contribution is 5.89. The predicted octanol–water partition coefficient (Wildman–Crippen LogP) is 1.30. The molecule has 0 aromatic carbocycles. The van der Waals surface area contributed by atoms with E-state index in [9.17, 15) is 9.59 Å². The van der Waals surface area contributed by atoms with E-state index < -0.39 is 0 Å². The molecule has 1 unspecified atom stereocenters. The number of nitrogens with one attached hydrogen (secondary N) is 1. The fraction of sp³-hybridized carbons (Fsp3) is 0.846. The molecule has 0 spiro atoms. The first-order valence-corrected chi connectivity index (χ1v) is 6.79. The average molecular weight is 238 g/mol. The summed E-state index contributed by atoms with van der Waals surface area (Å²) in [7, 11) is 0. The van der Waals surface area contributed by atoms with Gasteiger partial charge in [0.25, 0.3) is 0 Å². The van der Waals surface area contributed by atoms with Gasteiger partial charge in [0.15, 0.2) is 0 Å². The average Bonchev–Trinajstić information content (AvgIpc) is 3.11. The Kier molecular flexibility index (Phi) is 4.02. The minimum Gasteiger partial charge on any atom is -0.344 e. The molecule has 0 aromatic rings. The molecule has 1 atom stereocenters. The lowest BCUT2D eigenvalue weighted by Gasteiger charge is -2.23. The van der Waals surface area contributed by atoms with Crippen LogP contribution in [-0.2, 0) is 9.59 Å². The smallest absolute Gasteiger partial charge is 0.245 e. The molecule has 4 heteroatoms. The fourth-order valence-electron chi connectivity index (χ4n) is 2.35. The van der Waals surface area contributed by atoms with Gasteiger partial charge < -0.3 is 10.2 Å². The van der Waals surface area contributed by atoms with Crippen molar-refractivity contribution in [3.8, 4) is 0 Å². The van der Waals surface area contributed by atoms with E-state index in [2.05, 4.69) is 5.32 Å². The first-order chi connectivity index (χ1) is 8.20. The molecule has 4 nitrogen and oxygen atoms in total. The first-order valence-electron chi connectivity index (χ1n) is 6.79. The van der Waals surface area contributed by atoms with E-state index in [4.69, 9.17) is 0 Å². The number of hydrogen-bond donors (Lipinski definition) is 1. The standard InChI is InChI=1S/C13H22N2O2/c1-2-3-11-13(17)15(8-6-10-4-5-10)9-7-12(16)14-11/h10-11H,2-9H2,1H3,(H,14,16). The Morgan fingerprint density at radius 2 is 2.06 bits per heavy atom. The van der Waals surface area contributed by atoms with E-state index in [1.807, 2.05) is 11.8 Å². The summed E-state index contributed by atoms with van der Waals surface area (Å²) < 4.78 is 0. The predicted molar refractivity (Wildman–Crippen MR) is 65.4 cm³/mol. The Balaban J connectivity index is 1.92. The Bertz CT molecular complexity index is 300. The summed E-state index contributed by atoms with van der Waals surface area (Å²) in [5, 5.41) is 2.83. The molecule has 2 rings (SSSR count). The number of carbonyl (C=O) groups excluding carboxylic acids is 2. The minimum absolute atomic E-state index is 0.0192. The van der Waals surface area contributed by atoms with Gasteiger partial charge in [-0.3, -0.25) is 9.59 Å². The van der Waals surface area contributed by atoms with Crippen LogP contribution in [0, 0.1) is 5.92 Å². The number of amides is 2. The lowest BCUT2D eigenvalue weighted by atomic mass is 10.1. The SMILES string of the molecule is CCCC1NC(=O)CCN(CCC2CC2)C1=O. The molecular weight excluding hydrogens is 216 g/mol. The molecule has 2 aliphatic rings. The largest absolute Gasteiger partial charge is 0.344 e. The van der Waals surface area contributed by atoms with Crippen LogP contribution >= 0.6 is 0 Å². The van der Waals surface area contributed by atoms with Crippen LogP contribution in [0.15, 0.2) is 0 Å². The fourth-order valence-corrected chi connectivity index (χ4v) is 2.35. The summed E-state index contributed by atoms with van der Waals surface area (Å²) in [6, 6.07) is -0.283. The molecule has 2 fully saturated rings. The summed E-state index contributed by atoms with van der Waals surface area (Å²) in [6.45, 7) is 3.47. The van der Waals surface area contributed by atoms with E-state index >= 15 is 0 Å². The third-order valence-electron chi connectivity index (χ3n) is 3.64. The van der Waals surface area contributed by atoms with Gasteiger partial charge in [0.2, 0.25) is 11.8 Å². The van der Waals surface area contributed by atoms with E-state index in [0.717, 1.165) is 31.7 Å². The van der Waals surface area contributed by atoms with Crippen LogP contribution < -0.4 is 5.32 Å². The van der Waals surface area contributed by atoms with Crippen molar-refractivity contribution in [2.45, 2.75) is 51.5 Å². The van der Waals surface area contributed by atoms with Gasteiger partial charge in [-0.2, -0.15) is 0 Å². The van der Waals surface area contributed by atoms with Crippen molar-refractivity contribution in [2.24, 2.45) is 5.92 Å². The van der Waals surface area contributed by atoms with Crippen LogP contribution in [0.1, 0.15) is 45.4 Å². The van der Waals surface area contributed by atoms with Gasteiger partial charge in [-0.1, -0.05) is 26.2 Å². The van der Waals surface area contributed by atoms with Crippen LogP contribution in [0.3, 0.4) is 0 Å². The zero-order valence-electron chi connectivity index (χ0n) is 10.6. The van der Waals surface area contributed by atoms with Crippen molar-refractivity contribution in [2.75, 3.05) is 13.1 Å². The maximum Gasteiger partial charge on any atom is 0.245 e. The van der Waals surface area contributed by atoms with Crippen molar-refractivity contribution in [1.29, 1.82) is 0 Å². The van der Waals surface area contributed by atoms with Crippen molar-refractivity contribution in [3.05, 3.63) is 0 Å². The van der Waals surface area contributed by atoms with Gasteiger partial charge in [0, 0.05) is 19.5 Å². The number of rotatable bonds is 5.